The summed E-state index contributed by atoms with van der Waals surface area (Å²) in [4.78, 5) is 14.9. The summed E-state index contributed by atoms with van der Waals surface area (Å²) in [5.41, 5.74) is 0. The standard InChI is InChI=1S/C83H166O/c1-5-9-13-17-21-25-29-33-37-41-43-45-47-51-55-59-63-67-71-75-79-81(77-73-69-65-61-57-53-49-39-35-31-27-23-19-15-11-7-3)83(84)82(78-74-70-66-62-58-54-50-40-36-32-28-24-20-16-12-8-4)80-76-72-68-64-60-56-52-48-46-44-42-38-34-30-26-22-18-14-10-6-2/h81-82H,5-80H2,1-4H3. The molecule has 2 atom stereocenters. The van der Waals surface area contributed by atoms with Crippen molar-refractivity contribution in [3.63, 3.8) is 0 Å². The molecule has 1 nitrogen and oxygen atoms in total. The Kier molecular flexibility index (Phi) is 76.6. The molecule has 2 unspecified atom stereocenters. The molecule has 0 spiro atoms. The highest BCUT2D eigenvalue weighted by molar-refractivity contribution is 5.83. The molecular formula is C83H166O. The zero-order valence-electron chi connectivity index (χ0n) is 59.8. The van der Waals surface area contributed by atoms with E-state index < -0.39 is 0 Å². The van der Waals surface area contributed by atoms with Crippen LogP contribution in [0.1, 0.15) is 516 Å². The fraction of sp³-hybridized carbons (Fsp3) is 0.988. The minimum absolute atomic E-state index is 0.336. The Balaban J connectivity index is 4.99. The molecule has 0 heterocycles. The topological polar surface area (TPSA) is 17.1 Å². The van der Waals surface area contributed by atoms with E-state index in [9.17, 15) is 4.79 Å². The van der Waals surface area contributed by atoms with Crippen molar-refractivity contribution < 1.29 is 4.79 Å². The fourth-order valence-electron chi connectivity index (χ4n) is 14.4. The smallest absolute Gasteiger partial charge is 0.139 e. The lowest BCUT2D eigenvalue weighted by atomic mass is 9.80. The number of hydrogen-bond acceptors (Lipinski definition) is 1. The van der Waals surface area contributed by atoms with Crippen LogP contribution in [0.5, 0.6) is 0 Å². The van der Waals surface area contributed by atoms with Crippen molar-refractivity contribution in [1.82, 2.24) is 0 Å². The van der Waals surface area contributed by atoms with E-state index in [1.54, 1.807) is 0 Å². The van der Waals surface area contributed by atoms with Crippen molar-refractivity contribution in [2.24, 2.45) is 11.8 Å². The van der Waals surface area contributed by atoms with Gasteiger partial charge in [0.1, 0.15) is 5.78 Å². The van der Waals surface area contributed by atoms with Gasteiger partial charge in [-0.25, -0.2) is 0 Å². The third-order valence-electron chi connectivity index (χ3n) is 20.4. The van der Waals surface area contributed by atoms with Crippen LogP contribution in [0.3, 0.4) is 0 Å². The summed E-state index contributed by atoms with van der Waals surface area (Å²) in [6.45, 7) is 9.29. The van der Waals surface area contributed by atoms with Gasteiger partial charge >= 0.3 is 0 Å². The van der Waals surface area contributed by atoms with E-state index in [-0.39, 0.29) is 0 Å². The molecule has 0 radical (unpaired) electrons. The molecule has 0 aromatic rings. The van der Waals surface area contributed by atoms with Gasteiger partial charge < -0.3 is 0 Å². The third kappa shape index (κ3) is 69.1. The molecule has 0 aliphatic carbocycles. The van der Waals surface area contributed by atoms with Crippen molar-refractivity contribution >= 4 is 5.78 Å². The van der Waals surface area contributed by atoms with E-state index in [4.69, 9.17) is 0 Å². The highest BCUT2D eigenvalue weighted by Crippen LogP contribution is 2.30. The van der Waals surface area contributed by atoms with Crippen molar-refractivity contribution in [3.8, 4) is 0 Å². The molecule has 0 saturated carbocycles. The average molecular weight is 1180 g/mol. The predicted octanol–water partition coefficient (Wildman–Crippen LogP) is 31.5. The van der Waals surface area contributed by atoms with Gasteiger partial charge in [-0.15, -0.1) is 0 Å². The number of ketones is 1. The lowest BCUT2D eigenvalue weighted by Gasteiger charge is -2.23. The first-order valence-corrected chi connectivity index (χ1v) is 41.2. The molecular weight excluding hydrogens is 1010 g/mol. The van der Waals surface area contributed by atoms with Crippen LogP contribution < -0.4 is 0 Å². The van der Waals surface area contributed by atoms with Gasteiger partial charge in [-0.3, -0.25) is 4.79 Å². The molecule has 0 aliphatic rings. The summed E-state index contributed by atoms with van der Waals surface area (Å²) < 4.78 is 0. The monoisotopic (exact) mass is 1180 g/mol. The predicted molar refractivity (Wildman–Crippen MR) is 386 cm³/mol. The van der Waals surface area contributed by atoms with Crippen LogP contribution in [0.2, 0.25) is 0 Å². The van der Waals surface area contributed by atoms with Crippen LogP contribution >= 0.6 is 0 Å². The van der Waals surface area contributed by atoms with E-state index in [1.807, 2.05) is 0 Å². The number of rotatable bonds is 78. The number of hydrogen-bond donors (Lipinski definition) is 0. The second kappa shape index (κ2) is 76.9. The van der Waals surface area contributed by atoms with Gasteiger partial charge in [-0.1, -0.05) is 490 Å². The molecule has 0 amide bonds. The third-order valence-corrected chi connectivity index (χ3v) is 20.4. The maximum Gasteiger partial charge on any atom is 0.139 e. The maximum absolute atomic E-state index is 14.9. The SMILES string of the molecule is CCCCCCCCCCCCCCCCCCCCCCC(CCCCCCCCCCCCCCCCCC)C(=O)C(CCCCCCCCCCCCCCCCCC)CCCCCCCCCCCCCCCCCCCCCC. The molecule has 0 fully saturated rings. The Morgan fingerprint density at radius 2 is 0.226 bits per heavy atom. The van der Waals surface area contributed by atoms with Crippen molar-refractivity contribution in [2.75, 3.05) is 0 Å². The molecule has 0 rings (SSSR count). The van der Waals surface area contributed by atoms with Crippen LogP contribution in [0.25, 0.3) is 0 Å². The van der Waals surface area contributed by atoms with E-state index in [0.717, 1.165) is 5.78 Å². The Bertz CT molecular complexity index is 1050. The lowest BCUT2D eigenvalue weighted by Crippen LogP contribution is -2.24. The highest BCUT2D eigenvalue weighted by Gasteiger charge is 2.26. The Hall–Kier alpha value is -0.330. The Morgan fingerprint density at radius 3 is 0.321 bits per heavy atom. The second-order valence-corrected chi connectivity index (χ2v) is 29.0. The summed E-state index contributed by atoms with van der Waals surface area (Å²) in [5.74, 6) is 1.40. The van der Waals surface area contributed by atoms with E-state index in [2.05, 4.69) is 27.7 Å². The Labute approximate surface area is 535 Å². The average Bonchev–Trinajstić information content (AvgIpc) is 3.54. The van der Waals surface area contributed by atoms with Gasteiger partial charge in [-0.2, -0.15) is 0 Å². The summed E-state index contributed by atoms with van der Waals surface area (Å²) >= 11 is 0. The molecule has 0 saturated heterocycles. The highest BCUT2D eigenvalue weighted by atomic mass is 16.1. The molecule has 1 heteroatoms. The molecule has 0 aromatic carbocycles. The van der Waals surface area contributed by atoms with Gasteiger partial charge in [0, 0.05) is 11.8 Å². The first-order chi connectivity index (χ1) is 41.7. The van der Waals surface area contributed by atoms with Crippen LogP contribution in [0, 0.1) is 11.8 Å². The van der Waals surface area contributed by atoms with Crippen LogP contribution in [-0.2, 0) is 4.79 Å². The van der Waals surface area contributed by atoms with Crippen molar-refractivity contribution in [2.45, 2.75) is 516 Å². The summed E-state index contributed by atoms with van der Waals surface area (Å²) in [7, 11) is 0. The van der Waals surface area contributed by atoms with Gasteiger partial charge in [-0.05, 0) is 25.7 Å². The number of carbonyl (C=O) groups excluding carboxylic acids is 1. The minimum atomic E-state index is 0.336. The molecule has 504 valence electrons. The Morgan fingerprint density at radius 1 is 0.143 bits per heavy atom. The zero-order chi connectivity index (χ0) is 60.5. The van der Waals surface area contributed by atoms with Crippen LogP contribution in [-0.4, -0.2) is 5.78 Å². The first-order valence-electron chi connectivity index (χ1n) is 41.2. The normalized spacial score (nSPS) is 12.5. The summed E-state index contributed by atoms with van der Waals surface area (Å²) in [5, 5.41) is 0. The summed E-state index contributed by atoms with van der Waals surface area (Å²) in [6.07, 6.45) is 108. The largest absolute Gasteiger partial charge is 0.299 e. The molecule has 0 aliphatic heterocycles. The van der Waals surface area contributed by atoms with E-state index >= 15 is 0 Å². The van der Waals surface area contributed by atoms with E-state index in [0.29, 0.717) is 11.8 Å². The van der Waals surface area contributed by atoms with Gasteiger partial charge in [0.15, 0.2) is 0 Å². The molecule has 84 heavy (non-hydrogen) atoms. The van der Waals surface area contributed by atoms with Gasteiger partial charge in [0.25, 0.3) is 0 Å². The van der Waals surface area contributed by atoms with Gasteiger partial charge in [0.05, 0.1) is 0 Å². The maximum atomic E-state index is 14.9. The number of Topliss-reactive ketones (excluding diaryl/α,β-unsaturated/α-hetero) is 1. The number of carbonyl (C=O) groups is 1. The molecule has 0 bridgehead atoms. The summed E-state index contributed by atoms with van der Waals surface area (Å²) in [6, 6.07) is 0. The van der Waals surface area contributed by atoms with E-state index in [1.165, 1.54) is 488 Å². The lowest BCUT2D eigenvalue weighted by molar-refractivity contribution is -0.128. The van der Waals surface area contributed by atoms with Crippen molar-refractivity contribution in [1.29, 1.82) is 0 Å². The van der Waals surface area contributed by atoms with Crippen LogP contribution in [0.4, 0.5) is 0 Å². The number of unbranched alkanes of at least 4 members (excludes halogenated alkanes) is 68. The van der Waals surface area contributed by atoms with Crippen LogP contribution in [0.15, 0.2) is 0 Å². The quantitative estimate of drug-likeness (QED) is 0.0555. The van der Waals surface area contributed by atoms with Gasteiger partial charge in [0.2, 0.25) is 0 Å². The fourth-order valence-corrected chi connectivity index (χ4v) is 14.4. The van der Waals surface area contributed by atoms with Crippen molar-refractivity contribution in [3.05, 3.63) is 0 Å². The minimum Gasteiger partial charge on any atom is -0.299 e. The molecule has 0 aromatic heterocycles. The second-order valence-electron chi connectivity index (χ2n) is 29.0. The first kappa shape index (κ1) is 83.7. The molecule has 0 N–H and O–H groups in total. The zero-order valence-corrected chi connectivity index (χ0v) is 59.8.